The molecular weight excluding hydrogens is 787 g/mol. The van der Waals surface area contributed by atoms with Crippen LogP contribution in [-0.2, 0) is 0 Å². The van der Waals surface area contributed by atoms with Gasteiger partial charge in [0, 0.05) is 15.4 Å². The predicted octanol–water partition coefficient (Wildman–Crippen LogP) is 11.2. The Bertz CT molecular complexity index is 2390. The summed E-state index contributed by atoms with van der Waals surface area (Å²) in [5.74, 6) is -8.22. The van der Waals surface area contributed by atoms with E-state index in [1.54, 1.807) is 53.4 Å². The first-order valence-electron chi connectivity index (χ1n) is 16.5. The Balaban J connectivity index is 1.32. The van der Waals surface area contributed by atoms with Crippen LogP contribution in [0.2, 0.25) is 0 Å². The molecule has 0 radical (unpaired) electrons. The summed E-state index contributed by atoms with van der Waals surface area (Å²) >= 11 is 3.35. The number of benzene rings is 3. The number of unbranched alkanes of at least 4 members (excludes halogenated alkanes) is 1. The molecule has 7 aromatic rings. The molecule has 0 aliphatic carbocycles. The summed E-state index contributed by atoms with van der Waals surface area (Å²) < 4.78 is 83.8. The molecule has 0 saturated carbocycles. The zero-order valence-electron chi connectivity index (χ0n) is 28.2. The molecule has 18 heteroatoms. The van der Waals surface area contributed by atoms with Gasteiger partial charge in [0.05, 0.1) is 41.2 Å². The average Bonchev–Trinajstić information content (AvgIpc) is 3.99. The number of aromatic carboxylic acids is 2. The molecule has 54 heavy (non-hydrogen) atoms. The SMILES string of the molecule is CCCCC(CC)COc1ccc(N(c2ccc(-c3c(F)c(F)c(C(=O)O)c4nsnc34)s2)c2ccc(-c3c(F)c(F)c(C(=O)O)c4nsnc34)s2)cc1. The zero-order valence-corrected chi connectivity index (χ0v) is 31.5. The van der Waals surface area contributed by atoms with Crippen molar-refractivity contribution in [2.75, 3.05) is 11.5 Å². The first kappa shape index (κ1) is 37.3. The number of nitrogens with zero attached hydrogens (tertiary/aromatic N) is 5. The van der Waals surface area contributed by atoms with E-state index in [0.717, 1.165) is 48.4 Å². The highest BCUT2D eigenvalue weighted by Gasteiger charge is 2.31. The standard InChI is InChI=1S/C36H27F4N5O5S4/c1-3-5-6-16(4-2)15-50-18-9-7-17(8-10-18)45(21-13-11-19(51-21)23-27(37)29(39)25(35(46)47)33-31(23)41-53-43-33)22-14-12-20(52-22)24-28(38)30(40)26(36(48)49)34-32(24)42-54-44-34/h7-14,16H,3-6,15H2,1-2H3,(H,46,47)(H,48,49). The molecule has 1 atom stereocenters. The lowest BCUT2D eigenvalue weighted by molar-refractivity contribution is 0.0681. The van der Waals surface area contributed by atoms with Crippen molar-refractivity contribution in [1.82, 2.24) is 17.5 Å². The number of halogens is 4. The highest BCUT2D eigenvalue weighted by atomic mass is 32.1. The molecule has 0 aliphatic heterocycles. The monoisotopic (exact) mass is 813 g/mol. The molecule has 2 N–H and O–H groups in total. The molecule has 4 heterocycles. The second-order valence-electron chi connectivity index (χ2n) is 12.1. The van der Waals surface area contributed by atoms with Crippen molar-refractivity contribution in [1.29, 1.82) is 0 Å². The average molecular weight is 814 g/mol. The van der Waals surface area contributed by atoms with Crippen LogP contribution in [0.5, 0.6) is 5.75 Å². The van der Waals surface area contributed by atoms with Crippen molar-refractivity contribution in [2.45, 2.75) is 39.5 Å². The van der Waals surface area contributed by atoms with Gasteiger partial charge in [0.25, 0.3) is 0 Å². The number of rotatable bonds is 14. The lowest BCUT2D eigenvalue weighted by Crippen LogP contribution is -2.11. The van der Waals surface area contributed by atoms with Gasteiger partial charge in [-0.25, -0.2) is 27.2 Å². The van der Waals surface area contributed by atoms with Crippen LogP contribution in [0.25, 0.3) is 42.9 Å². The van der Waals surface area contributed by atoms with Gasteiger partial charge in [-0.2, -0.15) is 17.5 Å². The van der Waals surface area contributed by atoms with Crippen LogP contribution < -0.4 is 9.64 Å². The Kier molecular flexibility index (Phi) is 10.6. The summed E-state index contributed by atoms with van der Waals surface area (Å²) in [5, 5.41) is 20.1. The third-order valence-electron chi connectivity index (χ3n) is 8.86. The summed E-state index contributed by atoms with van der Waals surface area (Å²) in [6.45, 7) is 4.82. The van der Waals surface area contributed by atoms with Crippen LogP contribution in [0.15, 0.2) is 48.5 Å². The Hall–Kier alpha value is -5.04. The van der Waals surface area contributed by atoms with Gasteiger partial charge in [-0.3, -0.25) is 4.90 Å². The van der Waals surface area contributed by atoms with Gasteiger partial charge in [-0.15, -0.1) is 22.7 Å². The van der Waals surface area contributed by atoms with E-state index in [2.05, 4.69) is 31.3 Å². The van der Waals surface area contributed by atoms with Crippen LogP contribution in [0.4, 0.5) is 33.3 Å². The fraction of sp³-hybridized carbons (Fsp3) is 0.222. The summed E-state index contributed by atoms with van der Waals surface area (Å²) in [6.07, 6.45) is 4.24. The van der Waals surface area contributed by atoms with Crippen LogP contribution in [0, 0.1) is 29.2 Å². The minimum Gasteiger partial charge on any atom is -0.493 e. The van der Waals surface area contributed by atoms with E-state index < -0.39 is 46.3 Å². The number of carboxylic acids is 2. The predicted molar refractivity (Wildman–Crippen MR) is 202 cm³/mol. The van der Waals surface area contributed by atoms with Gasteiger partial charge < -0.3 is 14.9 Å². The van der Waals surface area contributed by atoms with Crippen molar-refractivity contribution in [3.63, 3.8) is 0 Å². The minimum atomic E-state index is -1.68. The van der Waals surface area contributed by atoms with Crippen molar-refractivity contribution in [3.05, 3.63) is 82.9 Å². The number of carboxylic acid groups (broad SMARTS) is 2. The zero-order chi connectivity index (χ0) is 38.3. The number of ether oxygens (including phenoxy) is 1. The van der Waals surface area contributed by atoms with Crippen LogP contribution in [0.1, 0.15) is 60.2 Å². The van der Waals surface area contributed by atoms with Crippen molar-refractivity contribution in [2.24, 2.45) is 5.92 Å². The van der Waals surface area contributed by atoms with Crippen molar-refractivity contribution < 1.29 is 42.1 Å². The lowest BCUT2D eigenvalue weighted by Gasteiger charge is -2.22. The maximum atomic E-state index is 15.6. The van der Waals surface area contributed by atoms with Gasteiger partial charge in [0.2, 0.25) is 0 Å². The topological polar surface area (TPSA) is 139 Å². The molecule has 278 valence electrons. The number of aromatic nitrogens is 4. The molecule has 0 fully saturated rings. The highest BCUT2D eigenvalue weighted by molar-refractivity contribution is 7.22. The fourth-order valence-corrected chi connectivity index (χ4v) is 9.40. The molecule has 0 amide bonds. The van der Waals surface area contributed by atoms with Gasteiger partial charge in [-0.1, -0.05) is 33.1 Å². The molecule has 0 aliphatic rings. The number of carbonyl (C=O) groups is 2. The Morgan fingerprint density at radius 2 is 1.19 bits per heavy atom. The molecule has 4 aromatic heterocycles. The van der Waals surface area contributed by atoms with E-state index in [4.69, 9.17) is 4.74 Å². The van der Waals surface area contributed by atoms with Gasteiger partial charge in [-0.05, 0) is 60.9 Å². The summed E-state index contributed by atoms with van der Waals surface area (Å²) in [4.78, 5) is 25.8. The van der Waals surface area contributed by atoms with Crippen molar-refractivity contribution >= 4 is 95.8 Å². The molecule has 0 bridgehead atoms. The molecule has 0 saturated heterocycles. The second-order valence-corrected chi connectivity index (χ2v) is 15.3. The highest BCUT2D eigenvalue weighted by Crippen LogP contribution is 2.49. The Morgan fingerprint density at radius 1 is 0.704 bits per heavy atom. The largest absolute Gasteiger partial charge is 0.493 e. The van der Waals surface area contributed by atoms with E-state index in [1.165, 1.54) is 0 Å². The quantitative estimate of drug-likeness (QED) is 0.102. The van der Waals surface area contributed by atoms with Crippen LogP contribution >= 0.6 is 46.1 Å². The molecule has 10 nitrogen and oxygen atoms in total. The van der Waals surface area contributed by atoms with E-state index in [0.29, 0.717) is 57.4 Å². The van der Waals surface area contributed by atoms with Crippen molar-refractivity contribution in [3.8, 4) is 26.6 Å². The lowest BCUT2D eigenvalue weighted by atomic mass is 10.0. The van der Waals surface area contributed by atoms with Crippen LogP contribution in [-0.4, -0.2) is 46.3 Å². The molecular formula is C36H27F4N5O5S4. The number of anilines is 3. The first-order valence-corrected chi connectivity index (χ1v) is 19.6. The maximum absolute atomic E-state index is 15.6. The summed E-state index contributed by atoms with van der Waals surface area (Å²) in [5.41, 5.74) is -2.50. The normalized spacial score (nSPS) is 12.1. The van der Waals surface area contributed by atoms with E-state index >= 15 is 17.6 Å². The molecule has 7 rings (SSSR count). The van der Waals surface area contributed by atoms with Gasteiger partial charge in [0.15, 0.2) is 23.3 Å². The number of hydrogen-bond acceptors (Lipinski definition) is 12. The molecule has 0 spiro atoms. The van der Waals surface area contributed by atoms with Crippen LogP contribution in [0.3, 0.4) is 0 Å². The first-order chi connectivity index (χ1) is 26.0. The minimum absolute atomic E-state index is 0.108. The Morgan fingerprint density at radius 3 is 1.63 bits per heavy atom. The number of fused-ring (bicyclic) bond motifs is 2. The van der Waals surface area contributed by atoms with Gasteiger partial charge >= 0.3 is 11.9 Å². The summed E-state index contributed by atoms with van der Waals surface area (Å²) in [6, 6.07) is 13.6. The third kappa shape index (κ3) is 6.67. The molecule has 1 unspecified atom stereocenters. The maximum Gasteiger partial charge on any atom is 0.341 e. The second kappa shape index (κ2) is 15.4. The van der Waals surface area contributed by atoms with E-state index in [9.17, 15) is 19.8 Å². The smallest absolute Gasteiger partial charge is 0.341 e. The fourth-order valence-electron chi connectivity index (χ4n) is 6.06. The summed E-state index contributed by atoms with van der Waals surface area (Å²) in [7, 11) is 0. The third-order valence-corrected chi connectivity index (χ3v) is 12.1. The number of thiophene rings is 2. The Labute approximate surface area is 320 Å². The van der Waals surface area contributed by atoms with E-state index in [1.807, 2.05) is 0 Å². The molecule has 3 aromatic carbocycles. The number of hydrogen-bond donors (Lipinski definition) is 2. The van der Waals surface area contributed by atoms with E-state index in [-0.39, 0.29) is 42.9 Å². The van der Waals surface area contributed by atoms with Gasteiger partial charge in [0.1, 0.15) is 48.9 Å².